The number of benzene rings is 1. The summed E-state index contributed by atoms with van der Waals surface area (Å²) in [7, 11) is -0.850. The van der Waals surface area contributed by atoms with Gasteiger partial charge in [-0.05, 0) is 38.8 Å². The van der Waals surface area contributed by atoms with Crippen LogP contribution in [0.25, 0.3) is 5.69 Å². The molecule has 1 N–H and O–H groups in total. The zero-order valence-electron chi connectivity index (χ0n) is 20.4. The second kappa shape index (κ2) is 10.2. The Hall–Kier alpha value is -3.25. The zero-order chi connectivity index (χ0) is 25.2. The number of anilines is 1. The van der Waals surface area contributed by atoms with E-state index < -0.39 is 21.2 Å². The minimum atomic E-state index is -3.91. The maximum Gasteiger partial charge on any atom is 0.243 e. The zero-order valence-corrected chi connectivity index (χ0v) is 21.2. The van der Waals surface area contributed by atoms with Crippen LogP contribution in [-0.2, 0) is 14.8 Å². The number of ether oxygens (including phenoxy) is 3. The molecular formula is C23H30N6O5S. The number of sulfonamides is 1. The molecule has 11 nitrogen and oxygen atoms in total. The highest BCUT2D eigenvalue weighted by atomic mass is 32.2. The van der Waals surface area contributed by atoms with Crippen molar-refractivity contribution in [3.8, 4) is 17.2 Å². The summed E-state index contributed by atoms with van der Waals surface area (Å²) in [6.45, 7) is 5.84. The van der Waals surface area contributed by atoms with Crippen molar-refractivity contribution in [3.63, 3.8) is 0 Å². The molecule has 1 saturated heterocycles. The van der Waals surface area contributed by atoms with E-state index in [1.54, 1.807) is 49.0 Å². The highest BCUT2D eigenvalue weighted by Crippen LogP contribution is 2.39. The summed E-state index contributed by atoms with van der Waals surface area (Å²) >= 11 is 0. The summed E-state index contributed by atoms with van der Waals surface area (Å²) in [4.78, 5) is 8.59. The Kier molecular flexibility index (Phi) is 7.22. The predicted molar refractivity (Wildman–Crippen MR) is 130 cm³/mol. The molecule has 3 aromatic rings. The molecule has 1 aliphatic rings. The Morgan fingerprint density at radius 3 is 2.40 bits per heavy atom. The quantitative estimate of drug-likeness (QED) is 0.469. The maximum absolute atomic E-state index is 13.5. The molecule has 0 radical (unpaired) electrons. The molecule has 0 saturated carbocycles. The first kappa shape index (κ1) is 24.9. The average Bonchev–Trinajstić information content (AvgIpc) is 3.52. The van der Waals surface area contributed by atoms with E-state index in [9.17, 15) is 8.42 Å². The minimum absolute atomic E-state index is 0.0207. The molecule has 2 unspecified atom stereocenters. The van der Waals surface area contributed by atoms with E-state index in [-0.39, 0.29) is 12.1 Å². The number of para-hydroxylation sites is 1. The molecule has 188 valence electrons. The van der Waals surface area contributed by atoms with Gasteiger partial charge in [0, 0.05) is 24.9 Å². The van der Waals surface area contributed by atoms with Crippen LogP contribution in [0.1, 0.15) is 55.9 Å². The summed E-state index contributed by atoms with van der Waals surface area (Å²) in [5, 5.41) is 7.67. The van der Waals surface area contributed by atoms with Crippen molar-refractivity contribution in [2.24, 2.45) is 0 Å². The van der Waals surface area contributed by atoms with Crippen LogP contribution in [0.2, 0.25) is 0 Å². The van der Waals surface area contributed by atoms with Crippen molar-refractivity contribution >= 4 is 16.0 Å². The number of aromatic nitrogens is 5. The Morgan fingerprint density at radius 2 is 1.83 bits per heavy atom. The summed E-state index contributed by atoms with van der Waals surface area (Å²) in [6.07, 6.45) is 4.49. The Balaban J connectivity index is 1.76. The number of nitrogens with one attached hydrogen (secondary N) is 1. The van der Waals surface area contributed by atoms with Crippen LogP contribution in [0.5, 0.6) is 11.5 Å². The lowest BCUT2D eigenvalue weighted by molar-refractivity contribution is 0.103. The second-order valence-corrected chi connectivity index (χ2v) is 10.5. The SMILES string of the molecule is COc1cccc(OC)c1-n1c(NS(=O)(=O)C(C)C(C)c2cnc(C)cn2)nnc1[C@@H]1CCCO1. The summed E-state index contributed by atoms with van der Waals surface area (Å²) < 4.78 is 48.2. The number of hydrogen-bond acceptors (Lipinski definition) is 9. The van der Waals surface area contributed by atoms with Crippen molar-refractivity contribution in [1.82, 2.24) is 24.7 Å². The molecule has 3 heterocycles. The van der Waals surface area contributed by atoms with E-state index in [1.165, 1.54) is 14.2 Å². The lowest BCUT2D eigenvalue weighted by Gasteiger charge is -2.22. The van der Waals surface area contributed by atoms with Gasteiger partial charge in [0.1, 0.15) is 23.3 Å². The van der Waals surface area contributed by atoms with E-state index in [2.05, 4.69) is 24.9 Å². The van der Waals surface area contributed by atoms with Crippen molar-refractivity contribution in [2.75, 3.05) is 25.5 Å². The van der Waals surface area contributed by atoms with Crippen molar-refractivity contribution in [1.29, 1.82) is 0 Å². The standard InChI is InChI=1S/C23H30N6O5S/c1-14-12-25-17(13-24-14)15(2)16(3)35(30,31)28-23-27-26-22(20-10-7-11-34-20)29(23)21-18(32-4)8-6-9-19(21)33-5/h6,8-9,12-13,15-16,20H,7,10-11H2,1-5H3,(H,27,28)/t15?,16?,20-/m0/s1. The van der Waals surface area contributed by atoms with Crippen LogP contribution < -0.4 is 14.2 Å². The van der Waals surface area contributed by atoms with Gasteiger partial charge in [0.2, 0.25) is 16.0 Å². The average molecular weight is 503 g/mol. The van der Waals surface area contributed by atoms with Crippen molar-refractivity contribution in [2.45, 2.75) is 50.9 Å². The molecule has 4 rings (SSSR count). The monoisotopic (exact) mass is 502 g/mol. The van der Waals surface area contributed by atoms with E-state index in [0.29, 0.717) is 35.3 Å². The van der Waals surface area contributed by atoms with E-state index >= 15 is 0 Å². The minimum Gasteiger partial charge on any atom is -0.494 e. The van der Waals surface area contributed by atoms with Gasteiger partial charge in [0.25, 0.3) is 0 Å². The normalized spacial score (nSPS) is 17.7. The largest absolute Gasteiger partial charge is 0.494 e. The fraction of sp³-hybridized carbons (Fsp3) is 0.478. The molecule has 0 spiro atoms. The van der Waals surface area contributed by atoms with E-state index in [1.807, 2.05) is 6.92 Å². The highest BCUT2D eigenvalue weighted by Gasteiger charge is 2.34. The van der Waals surface area contributed by atoms with Crippen LogP contribution in [-0.4, -0.2) is 59.2 Å². The third-order valence-electron chi connectivity index (χ3n) is 6.23. The van der Waals surface area contributed by atoms with Crippen LogP contribution in [0.15, 0.2) is 30.6 Å². The molecule has 0 bridgehead atoms. The molecule has 1 aromatic carbocycles. The van der Waals surface area contributed by atoms with Crippen LogP contribution in [0.3, 0.4) is 0 Å². The summed E-state index contributed by atoms with van der Waals surface area (Å²) in [5.41, 5.74) is 1.83. The summed E-state index contributed by atoms with van der Waals surface area (Å²) in [5.74, 6) is 1.01. The highest BCUT2D eigenvalue weighted by molar-refractivity contribution is 7.93. The third kappa shape index (κ3) is 4.94. The molecule has 0 amide bonds. The maximum atomic E-state index is 13.5. The number of hydrogen-bond donors (Lipinski definition) is 1. The van der Waals surface area contributed by atoms with Gasteiger partial charge < -0.3 is 14.2 Å². The van der Waals surface area contributed by atoms with Gasteiger partial charge in [-0.15, -0.1) is 10.2 Å². The number of nitrogens with zero attached hydrogens (tertiary/aromatic N) is 5. The van der Waals surface area contributed by atoms with Gasteiger partial charge in [-0.2, -0.15) is 0 Å². The van der Waals surface area contributed by atoms with Gasteiger partial charge in [-0.3, -0.25) is 19.3 Å². The first-order chi connectivity index (χ1) is 16.8. The number of rotatable bonds is 9. The molecule has 35 heavy (non-hydrogen) atoms. The van der Waals surface area contributed by atoms with Gasteiger partial charge in [0.05, 0.1) is 30.9 Å². The Morgan fingerprint density at radius 1 is 1.11 bits per heavy atom. The second-order valence-electron chi connectivity index (χ2n) is 8.45. The smallest absolute Gasteiger partial charge is 0.243 e. The number of aryl methyl sites for hydroxylation is 1. The van der Waals surface area contributed by atoms with Crippen LogP contribution in [0.4, 0.5) is 5.95 Å². The molecule has 3 atom stereocenters. The van der Waals surface area contributed by atoms with Gasteiger partial charge in [-0.25, -0.2) is 8.42 Å². The fourth-order valence-corrected chi connectivity index (χ4v) is 5.24. The lowest BCUT2D eigenvalue weighted by atomic mass is 10.1. The lowest BCUT2D eigenvalue weighted by Crippen LogP contribution is -2.31. The first-order valence-electron chi connectivity index (χ1n) is 11.3. The Labute approximate surface area is 204 Å². The molecule has 1 aliphatic heterocycles. The molecule has 1 fully saturated rings. The van der Waals surface area contributed by atoms with E-state index in [0.717, 1.165) is 18.5 Å². The molecule has 0 aliphatic carbocycles. The first-order valence-corrected chi connectivity index (χ1v) is 12.9. The number of methoxy groups -OCH3 is 2. The Bertz CT molecular complexity index is 1250. The fourth-order valence-electron chi connectivity index (χ4n) is 3.99. The summed E-state index contributed by atoms with van der Waals surface area (Å²) in [6, 6.07) is 5.31. The van der Waals surface area contributed by atoms with Crippen LogP contribution in [0, 0.1) is 6.92 Å². The van der Waals surface area contributed by atoms with Crippen molar-refractivity contribution in [3.05, 3.63) is 47.8 Å². The predicted octanol–water partition coefficient (Wildman–Crippen LogP) is 3.17. The van der Waals surface area contributed by atoms with Gasteiger partial charge >= 0.3 is 0 Å². The topological polar surface area (TPSA) is 130 Å². The van der Waals surface area contributed by atoms with E-state index in [4.69, 9.17) is 14.2 Å². The third-order valence-corrected chi connectivity index (χ3v) is 8.08. The molecule has 12 heteroatoms. The van der Waals surface area contributed by atoms with Crippen LogP contribution >= 0.6 is 0 Å². The van der Waals surface area contributed by atoms with Gasteiger partial charge in [-0.1, -0.05) is 13.0 Å². The van der Waals surface area contributed by atoms with Crippen molar-refractivity contribution < 1.29 is 22.6 Å². The molecule has 2 aromatic heterocycles. The van der Waals surface area contributed by atoms with Gasteiger partial charge in [0.15, 0.2) is 5.82 Å². The molecular weight excluding hydrogens is 472 g/mol.